The molecule has 1 N–H and O–H groups in total. The first-order valence-corrected chi connectivity index (χ1v) is 7.34. The Morgan fingerprint density at radius 2 is 2.11 bits per heavy atom. The van der Waals surface area contributed by atoms with Crippen LogP contribution in [-0.4, -0.2) is 16.9 Å². The standard InChI is InChI=1S/C13H13BrN2O2S/c1-3-18-13(17)11-8(2)16-19-12(11)15-10-6-4-9(14)5-7-10/h4-7,15H,3H2,1-2H3. The third kappa shape index (κ3) is 3.33. The molecule has 4 nitrogen and oxygen atoms in total. The van der Waals surface area contributed by atoms with Gasteiger partial charge in [-0.25, -0.2) is 4.79 Å². The van der Waals surface area contributed by atoms with Gasteiger partial charge < -0.3 is 10.1 Å². The van der Waals surface area contributed by atoms with Gasteiger partial charge in [0.1, 0.15) is 10.6 Å². The molecule has 100 valence electrons. The van der Waals surface area contributed by atoms with Gasteiger partial charge in [-0.3, -0.25) is 0 Å². The molecule has 0 saturated carbocycles. The van der Waals surface area contributed by atoms with Crippen LogP contribution in [0.3, 0.4) is 0 Å². The maximum atomic E-state index is 11.9. The van der Waals surface area contributed by atoms with Gasteiger partial charge in [-0.1, -0.05) is 15.9 Å². The lowest BCUT2D eigenvalue weighted by Gasteiger charge is -2.07. The summed E-state index contributed by atoms with van der Waals surface area (Å²) >= 11 is 4.64. The lowest BCUT2D eigenvalue weighted by atomic mass is 10.2. The summed E-state index contributed by atoms with van der Waals surface area (Å²) in [5, 5.41) is 3.90. The molecule has 0 radical (unpaired) electrons. The molecule has 2 rings (SSSR count). The maximum absolute atomic E-state index is 11.9. The quantitative estimate of drug-likeness (QED) is 0.850. The van der Waals surface area contributed by atoms with Crippen LogP contribution in [-0.2, 0) is 4.74 Å². The van der Waals surface area contributed by atoms with E-state index in [9.17, 15) is 4.79 Å². The van der Waals surface area contributed by atoms with E-state index in [1.54, 1.807) is 13.8 Å². The van der Waals surface area contributed by atoms with Crippen molar-refractivity contribution in [3.05, 3.63) is 40.0 Å². The number of carbonyl (C=O) groups is 1. The molecule has 0 unspecified atom stereocenters. The molecular formula is C13H13BrN2O2S. The SMILES string of the molecule is CCOC(=O)c1c(C)nsc1Nc1ccc(Br)cc1. The molecule has 6 heteroatoms. The number of nitrogens with one attached hydrogen (secondary N) is 1. The summed E-state index contributed by atoms with van der Waals surface area (Å²) in [5.74, 6) is -0.339. The average molecular weight is 341 g/mol. The topological polar surface area (TPSA) is 51.2 Å². The van der Waals surface area contributed by atoms with Gasteiger partial charge in [-0.05, 0) is 49.6 Å². The van der Waals surface area contributed by atoms with Gasteiger partial charge in [0, 0.05) is 10.2 Å². The number of anilines is 2. The lowest BCUT2D eigenvalue weighted by molar-refractivity contribution is 0.0527. The van der Waals surface area contributed by atoms with Crippen molar-refractivity contribution in [3.63, 3.8) is 0 Å². The number of rotatable bonds is 4. The summed E-state index contributed by atoms with van der Waals surface area (Å²) in [6.07, 6.45) is 0. The predicted octanol–water partition coefficient (Wildman–Crippen LogP) is 4.13. The van der Waals surface area contributed by atoms with Crippen molar-refractivity contribution >= 4 is 44.1 Å². The summed E-state index contributed by atoms with van der Waals surface area (Å²) in [5.41, 5.74) is 2.09. The second-order valence-electron chi connectivity index (χ2n) is 3.82. The fourth-order valence-electron chi connectivity index (χ4n) is 1.56. The minimum atomic E-state index is -0.339. The zero-order valence-corrected chi connectivity index (χ0v) is 13.0. The Bertz CT molecular complexity index is 581. The molecular weight excluding hydrogens is 328 g/mol. The van der Waals surface area contributed by atoms with Crippen molar-refractivity contribution in [2.75, 3.05) is 11.9 Å². The summed E-state index contributed by atoms with van der Waals surface area (Å²) in [4.78, 5) is 11.9. The molecule has 0 fully saturated rings. The summed E-state index contributed by atoms with van der Waals surface area (Å²) in [7, 11) is 0. The number of benzene rings is 1. The molecule has 0 saturated heterocycles. The van der Waals surface area contributed by atoms with E-state index in [0.29, 0.717) is 22.9 Å². The van der Waals surface area contributed by atoms with Crippen LogP contribution in [0.5, 0.6) is 0 Å². The normalized spacial score (nSPS) is 10.3. The van der Waals surface area contributed by atoms with Gasteiger partial charge in [0.05, 0.1) is 12.3 Å². The monoisotopic (exact) mass is 340 g/mol. The van der Waals surface area contributed by atoms with Crippen molar-refractivity contribution in [1.29, 1.82) is 0 Å². The molecule has 2 aromatic rings. The number of esters is 1. The van der Waals surface area contributed by atoms with Gasteiger partial charge >= 0.3 is 5.97 Å². The Hall–Kier alpha value is -1.40. The van der Waals surface area contributed by atoms with E-state index in [1.807, 2.05) is 24.3 Å². The number of hydrogen-bond donors (Lipinski definition) is 1. The molecule has 0 aliphatic heterocycles. The van der Waals surface area contributed by atoms with Crippen LogP contribution in [0.25, 0.3) is 0 Å². The first-order valence-electron chi connectivity index (χ1n) is 5.77. The number of carbonyl (C=O) groups excluding carboxylic acids is 1. The summed E-state index contributed by atoms with van der Waals surface area (Å²) in [6, 6.07) is 7.71. The Balaban J connectivity index is 2.25. The van der Waals surface area contributed by atoms with Crippen LogP contribution >= 0.6 is 27.5 Å². The van der Waals surface area contributed by atoms with E-state index < -0.39 is 0 Å². The molecule has 0 aliphatic carbocycles. The van der Waals surface area contributed by atoms with Gasteiger partial charge in [-0.15, -0.1) is 0 Å². The zero-order valence-electron chi connectivity index (χ0n) is 10.6. The number of aryl methyl sites for hydroxylation is 1. The first-order chi connectivity index (χ1) is 9.11. The van der Waals surface area contributed by atoms with Gasteiger partial charge in [0.2, 0.25) is 0 Å². The maximum Gasteiger partial charge on any atom is 0.343 e. The van der Waals surface area contributed by atoms with Crippen LogP contribution in [0.15, 0.2) is 28.7 Å². The van der Waals surface area contributed by atoms with E-state index in [-0.39, 0.29) is 5.97 Å². The number of nitrogens with zero attached hydrogens (tertiary/aromatic N) is 1. The van der Waals surface area contributed by atoms with Gasteiger partial charge in [-0.2, -0.15) is 4.37 Å². The molecule has 0 amide bonds. The first kappa shape index (κ1) is 14.0. The van der Waals surface area contributed by atoms with Crippen molar-refractivity contribution in [1.82, 2.24) is 4.37 Å². The third-order valence-corrected chi connectivity index (χ3v) is 3.83. The second kappa shape index (κ2) is 6.16. The van der Waals surface area contributed by atoms with E-state index in [0.717, 1.165) is 10.2 Å². The summed E-state index contributed by atoms with van der Waals surface area (Å²) in [6.45, 7) is 3.94. The van der Waals surface area contributed by atoms with E-state index in [2.05, 4.69) is 25.6 Å². The Kier molecular flexibility index (Phi) is 4.55. The highest BCUT2D eigenvalue weighted by Gasteiger charge is 2.19. The van der Waals surface area contributed by atoms with Crippen LogP contribution in [0.1, 0.15) is 23.0 Å². The number of aromatic nitrogens is 1. The smallest absolute Gasteiger partial charge is 0.343 e. The highest BCUT2D eigenvalue weighted by Crippen LogP contribution is 2.29. The minimum Gasteiger partial charge on any atom is -0.462 e. The molecule has 1 heterocycles. The number of hydrogen-bond acceptors (Lipinski definition) is 5. The molecule has 19 heavy (non-hydrogen) atoms. The molecule has 0 bridgehead atoms. The fraction of sp³-hybridized carbons (Fsp3) is 0.231. The van der Waals surface area contributed by atoms with Gasteiger partial charge in [0.25, 0.3) is 0 Å². The molecule has 1 aromatic carbocycles. The van der Waals surface area contributed by atoms with E-state index in [4.69, 9.17) is 4.74 Å². The highest BCUT2D eigenvalue weighted by molar-refractivity contribution is 9.10. The second-order valence-corrected chi connectivity index (χ2v) is 5.51. The molecule has 0 atom stereocenters. The van der Waals surface area contributed by atoms with Crippen LogP contribution in [0.2, 0.25) is 0 Å². The molecule has 0 spiro atoms. The molecule has 0 aliphatic rings. The van der Waals surface area contributed by atoms with Crippen molar-refractivity contribution < 1.29 is 9.53 Å². The Morgan fingerprint density at radius 1 is 1.42 bits per heavy atom. The zero-order chi connectivity index (χ0) is 13.8. The van der Waals surface area contributed by atoms with Crippen LogP contribution < -0.4 is 5.32 Å². The average Bonchev–Trinajstić information content (AvgIpc) is 2.74. The summed E-state index contributed by atoms with van der Waals surface area (Å²) < 4.78 is 10.3. The van der Waals surface area contributed by atoms with Crippen molar-refractivity contribution in [2.24, 2.45) is 0 Å². The highest BCUT2D eigenvalue weighted by atomic mass is 79.9. The lowest BCUT2D eigenvalue weighted by Crippen LogP contribution is -2.07. The number of ether oxygens (including phenoxy) is 1. The number of halogens is 1. The van der Waals surface area contributed by atoms with Crippen molar-refractivity contribution in [3.8, 4) is 0 Å². The Labute approximate surface area is 124 Å². The Morgan fingerprint density at radius 3 is 2.74 bits per heavy atom. The van der Waals surface area contributed by atoms with Crippen molar-refractivity contribution in [2.45, 2.75) is 13.8 Å². The third-order valence-electron chi connectivity index (χ3n) is 2.44. The van der Waals surface area contributed by atoms with Crippen LogP contribution in [0, 0.1) is 6.92 Å². The van der Waals surface area contributed by atoms with Crippen LogP contribution in [0.4, 0.5) is 10.7 Å². The largest absolute Gasteiger partial charge is 0.462 e. The van der Waals surface area contributed by atoms with E-state index >= 15 is 0 Å². The molecule has 1 aromatic heterocycles. The fourth-order valence-corrected chi connectivity index (χ4v) is 2.63. The van der Waals surface area contributed by atoms with Gasteiger partial charge in [0.15, 0.2) is 0 Å². The predicted molar refractivity (Wildman–Crippen MR) is 80.2 cm³/mol. The minimum absolute atomic E-state index is 0.339. The van der Waals surface area contributed by atoms with E-state index in [1.165, 1.54) is 11.5 Å².